The van der Waals surface area contributed by atoms with Gasteiger partial charge >= 0.3 is 0 Å². The summed E-state index contributed by atoms with van der Waals surface area (Å²) in [6.45, 7) is 9.15. The normalized spacial score (nSPS) is 23.2. The highest BCUT2D eigenvalue weighted by Gasteiger charge is 2.47. The van der Waals surface area contributed by atoms with Gasteiger partial charge in [0.05, 0.1) is 24.2 Å². The first kappa shape index (κ1) is 55.1. The van der Waals surface area contributed by atoms with E-state index in [4.69, 9.17) is 0 Å². The number of hydrogen-bond acceptors (Lipinski definition) is 9. The molecule has 1 saturated heterocycles. The van der Waals surface area contributed by atoms with Crippen LogP contribution in [0.25, 0.3) is 0 Å². The van der Waals surface area contributed by atoms with Gasteiger partial charge in [-0.05, 0) is 136 Å². The number of likely N-dealkylation sites (tertiary alicyclic amines) is 1. The first-order valence-corrected chi connectivity index (χ1v) is 27.7. The second-order valence-electron chi connectivity index (χ2n) is 23.0. The van der Waals surface area contributed by atoms with Crippen LogP contribution in [0.5, 0.6) is 0 Å². The lowest BCUT2D eigenvalue weighted by atomic mass is 9.84. The second kappa shape index (κ2) is 24.3. The molecule has 0 aromatic heterocycles. The summed E-state index contributed by atoms with van der Waals surface area (Å²) in [6.07, 6.45) is 11.2. The molecule has 16 heteroatoms. The summed E-state index contributed by atoms with van der Waals surface area (Å²) in [4.78, 5) is 104. The van der Waals surface area contributed by atoms with Gasteiger partial charge in [0.1, 0.15) is 24.2 Å². The van der Waals surface area contributed by atoms with Gasteiger partial charge in [0.15, 0.2) is 0 Å². The molecule has 2 aliphatic heterocycles. The van der Waals surface area contributed by atoms with Gasteiger partial charge in [0, 0.05) is 31.1 Å². The SMILES string of the molecule is CN[C@@H](C)C(=O)N[C@@H](CC1CCCCC1)C(=O)N1Cc2cc(C(=O)N[C@H]3C[C@@H](C(=O)N[C@@H]4CCCc5ccccc54)N(C(=O)[C@@H](NC(=O)[C@H](C)NC)C(C)(C)C)C3)ccc2C[C@H]1C(=O)N[C@@H]1CCCc2ccccc21. The fourth-order valence-electron chi connectivity index (χ4n) is 12.1. The van der Waals surface area contributed by atoms with Crippen molar-refractivity contribution in [3.05, 3.63) is 106 Å². The first-order valence-electron chi connectivity index (χ1n) is 27.7. The van der Waals surface area contributed by atoms with Crippen molar-refractivity contribution in [3.63, 3.8) is 0 Å². The zero-order valence-corrected chi connectivity index (χ0v) is 45.2. The Balaban J connectivity index is 1.06. The van der Waals surface area contributed by atoms with Gasteiger partial charge in [-0.2, -0.15) is 0 Å². The zero-order chi connectivity index (χ0) is 53.6. The maximum atomic E-state index is 15.2. The highest BCUT2D eigenvalue weighted by molar-refractivity contribution is 5.97. The molecule has 1 saturated carbocycles. The van der Waals surface area contributed by atoms with Crippen molar-refractivity contribution in [2.24, 2.45) is 11.3 Å². The molecule has 404 valence electrons. The van der Waals surface area contributed by atoms with E-state index in [1.54, 1.807) is 45.0 Å². The van der Waals surface area contributed by atoms with E-state index in [1.165, 1.54) is 16.0 Å². The Bertz CT molecular complexity index is 2590. The van der Waals surface area contributed by atoms with E-state index in [0.717, 1.165) is 87.3 Å². The minimum atomic E-state index is -0.973. The molecule has 9 atom stereocenters. The summed E-state index contributed by atoms with van der Waals surface area (Å²) in [7, 11) is 3.37. The Hall–Kier alpha value is -6.13. The average molecular weight is 1030 g/mol. The minimum absolute atomic E-state index is 0.0314. The van der Waals surface area contributed by atoms with Crippen molar-refractivity contribution >= 4 is 41.4 Å². The third-order valence-electron chi connectivity index (χ3n) is 16.7. The van der Waals surface area contributed by atoms with Gasteiger partial charge < -0.3 is 47.0 Å². The van der Waals surface area contributed by atoms with Gasteiger partial charge in [-0.15, -0.1) is 0 Å². The summed E-state index contributed by atoms with van der Waals surface area (Å²) < 4.78 is 0. The van der Waals surface area contributed by atoms with Crippen LogP contribution in [0, 0.1) is 11.3 Å². The number of aryl methyl sites for hydroxylation is 2. The van der Waals surface area contributed by atoms with Crippen molar-refractivity contribution in [3.8, 4) is 0 Å². The Labute approximate surface area is 443 Å². The fraction of sp³-hybridized carbons (Fsp3) is 0.576. The maximum absolute atomic E-state index is 15.2. The molecule has 3 aromatic rings. The van der Waals surface area contributed by atoms with Crippen LogP contribution in [0.3, 0.4) is 0 Å². The summed E-state index contributed by atoms with van der Waals surface area (Å²) in [5.74, 6) is -2.15. The molecular weight excluding hydrogens is 947 g/mol. The van der Waals surface area contributed by atoms with Crippen LogP contribution in [0.1, 0.15) is 161 Å². The third kappa shape index (κ3) is 12.9. The molecule has 7 amide bonds. The van der Waals surface area contributed by atoms with Crippen LogP contribution in [0.15, 0.2) is 66.7 Å². The van der Waals surface area contributed by atoms with E-state index >= 15 is 4.79 Å². The van der Waals surface area contributed by atoms with E-state index in [1.807, 2.05) is 57.2 Å². The summed E-state index contributed by atoms with van der Waals surface area (Å²) in [6, 6.07) is 15.7. The number of fused-ring (bicyclic) bond motifs is 3. The summed E-state index contributed by atoms with van der Waals surface area (Å²) in [5, 5.41) is 21.7. The standard InChI is InChI=1S/C59H81N9O7/c1-35(60-6)52(69)65-48(29-37-17-9-8-10-18-37)57(74)67-33-42-30-41(28-27-40(42)31-49(67)55(72)63-46-25-15-21-38-19-11-13-23-44(38)46)54(71)62-43-32-50(56(73)64-47-26-16-22-39-20-12-14-24-45(39)47)68(34-43)58(75)51(59(3,4)5)66-53(70)36(2)61-7/h11-14,19-20,23-24,27-28,30,35-37,43,46-51,60-61H,8-10,15-18,21-22,25-26,29,31-34H2,1-7H3,(H,62,71)(H,63,72)(H,64,73)(H,65,69)(H,66,70)/t35-,36-,43-,46+,47+,48-,49-,50-,51+/m0/s1. The predicted molar refractivity (Wildman–Crippen MR) is 288 cm³/mol. The first-order chi connectivity index (χ1) is 35.9. The molecule has 3 aliphatic carbocycles. The molecule has 8 rings (SSSR count). The highest BCUT2D eigenvalue weighted by atomic mass is 16.2. The van der Waals surface area contributed by atoms with Crippen molar-refractivity contribution in [2.75, 3.05) is 20.6 Å². The number of carbonyl (C=O) groups is 7. The van der Waals surface area contributed by atoms with Crippen LogP contribution in [0.2, 0.25) is 0 Å². The van der Waals surface area contributed by atoms with Gasteiger partial charge in [-0.25, -0.2) is 0 Å². The molecule has 2 heterocycles. The number of carbonyl (C=O) groups excluding carboxylic acids is 7. The Morgan fingerprint density at radius 2 is 1.19 bits per heavy atom. The van der Waals surface area contributed by atoms with Crippen LogP contribution >= 0.6 is 0 Å². The quantitative estimate of drug-likeness (QED) is 0.100. The number of nitrogens with one attached hydrogen (secondary N) is 7. The summed E-state index contributed by atoms with van der Waals surface area (Å²) >= 11 is 0. The number of amides is 7. The Kier molecular flexibility index (Phi) is 17.8. The highest BCUT2D eigenvalue weighted by Crippen LogP contribution is 2.35. The minimum Gasteiger partial charge on any atom is -0.347 e. The second-order valence-corrected chi connectivity index (χ2v) is 23.0. The molecule has 2 fully saturated rings. The van der Waals surface area contributed by atoms with E-state index in [0.29, 0.717) is 17.5 Å². The molecular formula is C59H81N9O7. The summed E-state index contributed by atoms with van der Waals surface area (Å²) in [5.41, 5.74) is 5.66. The monoisotopic (exact) mass is 1030 g/mol. The lowest BCUT2D eigenvalue weighted by Crippen LogP contribution is -2.59. The zero-order valence-electron chi connectivity index (χ0n) is 45.2. The molecule has 0 radical (unpaired) electrons. The molecule has 7 N–H and O–H groups in total. The van der Waals surface area contributed by atoms with Crippen LogP contribution in [-0.2, 0) is 54.6 Å². The number of benzene rings is 3. The third-order valence-corrected chi connectivity index (χ3v) is 16.7. The van der Waals surface area contributed by atoms with Crippen molar-refractivity contribution in [1.29, 1.82) is 0 Å². The Morgan fingerprint density at radius 3 is 1.77 bits per heavy atom. The largest absolute Gasteiger partial charge is 0.347 e. The van der Waals surface area contributed by atoms with Gasteiger partial charge in [-0.1, -0.05) is 107 Å². The van der Waals surface area contributed by atoms with Gasteiger partial charge in [0.25, 0.3) is 5.91 Å². The fourth-order valence-corrected chi connectivity index (χ4v) is 12.1. The molecule has 75 heavy (non-hydrogen) atoms. The maximum Gasteiger partial charge on any atom is 0.251 e. The van der Waals surface area contributed by atoms with E-state index < -0.39 is 59.5 Å². The smallest absolute Gasteiger partial charge is 0.251 e. The van der Waals surface area contributed by atoms with Crippen molar-refractivity contribution in [2.45, 2.75) is 185 Å². The number of nitrogens with zero attached hydrogens (tertiary/aromatic N) is 2. The molecule has 16 nitrogen and oxygen atoms in total. The Morgan fingerprint density at radius 1 is 0.613 bits per heavy atom. The van der Waals surface area contributed by atoms with Crippen molar-refractivity contribution < 1.29 is 33.6 Å². The van der Waals surface area contributed by atoms with Gasteiger partial charge in [-0.3, -0.25) is 33.6 Å². The van der Waals surface area contributed by atoms with Crippen LogP contribution in [-0.4, -0.2) is 114 Å². The van der Waals surface area contributed by atoms with Crippen LogP contribution in [0.4, 0.5) is 0 Å². The molecule has 5 aliphatic rings. The number of likely N-dealkylation sites (N-methyl/N-ethyl adjacent to an activating group) is 2. The molecule has 0 spiro atoms. The number of rotatable bonds is 16. The van der Waals surface area contributed by atoms with Crippen molar-refractivity contribution in [1.82, 2.24) is 47.0 Å². The molecule has 0 bridgehead atoms. The predicted octanol–water partition coefficient (Wildman–Crippen LogP) is 5.23. The lowest BCUT2D eigenvalue weighted by Gasteiger charge is -2.40. The topological polar surface area (TPSA) is 210 Å². The average Bonchev–Trinajstić information content (AvgIpc) is 3.84. The van der Waals surface area contributed by atoms with Crippen LogP contribution < -0.4 is 37.2 Å². The molecule has 0 unspecified atom stereocenters. The van der Waals surface area contributed by atoms with Gasteiger partial charge in [0.2, 0.25) is 35.4 Å². The van der Waals surface area contributed by atoms with E-state index in [9.17, 15) is 28.8 Å². The van der Waals surface area contributed by atoms with E-state index in [-0.39, 0.29) is 73.5 Å². The molecule has 3 aromatic carbocycles. The van der Waals surface area contributed by atoms with E-state index in [2.05, 4.69) is 55.4 Å². The number of hydrogen-bond donors (Lipinski definition) is 7. The lowest BCUT2D eigenvalue weighted by molar-refractivity contribution is -0.145.